The summed E-state index contributed by atoms with van der Waals surface area (Å²) in [6.07, 6.45) is 2.31. The molecular weight excluding hydrogens is 230 g/mol. The Bertz CT molecular complexity index is 379. The number of hydrogen-bond donors (Lipinski definition) is 0. The standard InChI is InChI=1S/C7H8ClNO2S2/c8-7-9-3-6(13(7,10)11)5-1-2-12-4-5/h3,5H,1-2,4H2. The third-order valence-corrected chi connectivity index (χ3v) is 5.64. The second kappa shape index (κ2) is 3.29. The van der Waals surface area contributed by atoms with Crippen LogP contribution in [0.5, 0.6) is 0 Å². The van der Waals surface area contributed by atoms with Gasteiger partial charge in [-0.1, -0.05) is 0 Å². The van der Waals surface area contributed by atoms with Crippen LogP contribution in [0.1, 0.15) is 6.42 Å². The largest absolute Gasteiger partial charge is 0.232 e. The van der Waals surface area contributed by atoms with E-state index in [-0.39, 0.29) is 10.4 Å². The lowest BCUT2D eigenvalue weighted by atomic mass is 10.1. The van der Waals surface area contributed by atoms with E-state index in [9.17, 15) is 8.42 Å². The predicted molar refractivity (Wildman–Crippen MR) is 55.7 cm³/mol. The molecule has 1 atom stereocenters. The summed E-state index contributed by atoms with van der Waals surface area (Å²) in [5.74, 6) is 2.01. The zero-order valence-corrected chi connectivity index (χ0v) is 9.12. The fourth-order valence-corrected chi connectivity index (χ4v) is 4.32. The van der Waals surface area contributed by atoms with Crippen molar-refractivity contribution in [2.24, 2.45) is 10.9 Å². The smallest absolute Gasteiger partial charge is 0.232 e. The Morgan fingerprint density at radius 1 is 1.62 bits per heavy atom. The van der Waals surface area contributed by atoms with Crippen LogP contribution in [0.15, 0.2) is 16.1 Å². The van der Waals surface area contributed by atoms with Crippen molar-refractivity contribution in [1.29, 1.82) is 0 Å². The van der Waals surface area contributed by atoms with Gasteiger partial charge in [-0.2, -0.15) is 11.8 Å². The Hall–Kier alpha value is -0.000000000000000111. The second-order valence-corrected chi connectivity index (χ2v) is 6.57. The van der Waals surface area contributed by atoms with Gasteiger partial charge in [0.05, 0.1) is 4.91 Å². The van der Waals surface area contributed by atoms with Gasteiger partial charge in [0.15, 0.2) is 0 Å². The summed E-state index contributed by atoms with van der Waals surface area (Å²) in [4.78, 5) is 4.04. The lowest BCUT2D eigenvalue weighted by molar-refractivity contribution is 0.604. The summed E-state index contributed by atoms with van der Waals surface area (Å²) in [7, 11) is -3.39. The van der Waals surface area contributed by atoms with E-state index in [4.69, 9.17) is 11.6 Å². The normalized spacial score (nSPS) is 31.6. The maximum Gasteiger partial charge on any atom is 0.232 e. The van der Waals surface area contributed by atoms with Crippen molar-refractivity contribution in [2.45, 2.75) is 6.42 Å². The number of aliphatic imine (C=N–C) groups is 1. The lowest BCUT2D eigenvalue weighted by Gasteiger charge is -2.07. The zero-order chi connectivity index (χ0) is 9.47. The van der Waals surface area contributed by atoms with E-state index >= 15 is 0 Å². The molecule has 1 fully saturated rings. The topological polar surface area (TPSA) is 46.5 Å². The SMILES string of the molecule is O=S1(=O)C(C2CCSC2)=CN=C1Cl. The van der Waals surface area contributed by atoms with E-state index in [0.717, 1.165) is 17.9 Å². The summed E-state index contributed by atoms with van der Waals surface area (Å²) in [5, 5.41) is 0. The minimum atomic E-state index is -3.39. The molecule has 1 saturated heterocycles. The molecule has 2 aliphatic heterocycles. The molecule has 0 aromatic rings. The van der Waals surface area contributed by atoms with Crippen molar-refractivity contribution in [3.8, 4) is 0 Å². The number of thioether (sulfide) groups is 1. The van der Waals surface area contributed by atoms with E-state index in [2.05, 4.69) is 4.99 Å². The number of allylic oxidation sites excluding steroid dienone is 1. The minimum Gasteiger partial charge on any atom is -0.232 e. The van der Waals surface area contributed by atoms with Crippen LogP contribution in [0.25, 0.3) is 0 Å². The Labute approximate surface area is 86.2 Å². The molecule has 0 N–H and O–H groups in total. The van der Waals surface area contributed by atoms with Gasteiger partial charge in [0.25, 0.3) is 0 Å². The van der Waals surface area contributed by atoms with Gasteiger partial charge in [-0.05, 0) is 23.8 Å². The molecular formula is C7H8ClNO2S2. The van der Waals surface area contributed by atoms with Crippen molar-refractivity contribution in [1.82, 2.24) is 0 Å². The summed E-state index contributed by atoms with van der Waals surface area (Å²) in [6, 6.07) is 0. The molecule has 0 radical (unpaired) electrons. The summed E-state index contributed by atoms with van der Waals surface area (Å²) >= 11 is 7.25. The molecule has 0 amide bonds. The molecule has 2 heterocycles. The lowest BCUT2D eigenvalue weighted by Crippen LogP contribution is -2.14. The van der Waals surface area contributed by atoms with Crippen molar-refractivity contribution in [2.75, 3.05) is 11.5 Å². The first kappa shape index (κ1) is 9.55. The average Bonchev–Trinajstić information content (AvgIpc) is 2.62. The highest BCUT2D eigenvalue weighted by molar-refractivity contribution is 8.13. The quantitative estimate of drug-likeness (QED) is 0.696. The van der Waals surface area contributed by atoms with Crippen LogP contribution in [-0.2, 0) is 9.84 Å². The first-order valence-electron chi connectivity index (χ1n) is 3.88. The maximum absolute atomic E-state index is 11.5. The van der Waals surface area contributed by atoms with E-state index in [1.165, 1.54) is 6.20 Å². The fraction of sp³-hybridized carbons (Fsp3) is 0.571. The third-order valence-electron chi connectivity index (χ3n) is 2.16. The molecule has 72 valence electrons. The number of rotatable bonds is 1. The zero-order valence-electron chi connectivity index (χ0n) is 6.73. The van der Waals surface area contributed by atoms with Gasteiger partial charge in [0, 0.05) is 17.9 Å². The van der Waals surface area contributed by atoms with Crippen LogP contribution in [0, 0.1) is 5.92 Å². The van der Waals surface area contributed by atoms with Crippen LogP contribution < -0.4 is 0 Å². The molecule has 1 unspecified atom stereocenters. The van der Waals surface area contributed by atoms with Crippen LogP contribution in [-0.4, -0.2) is 24.4 Å². The Morgan fingerprint density at radius 3 is 2.85 bits per heavy atom. The molecule has 6 heteroatoms. The molecule has 0 aliphatic carbocycles. The average molecular weight is 238 g/mol. The number of nitrogens with zero attached hydrogens (tertiary/aromatic N) is 1. The molecule has 3 nitrogen and oxygen atoms in total. The van der Waals surface area contributed by atoms with Crippen LogP contribution in [0.4, 0.5) is 0 Å². The van der Waals surface area contributed by atoms with Crippen LogP contribution in [0.3, 0.4) is 0 Å². The minimum absolute atomic E-state index is 0.120. The van der Waals surface area contributed by atoms with Crippen molar-refractivity contribution >= 4 is 37.7 Å². The summed E-state index contributed by atoms with van der Waals surface area (Å²) < 4.78 is 22.8. The molecule has 13 heavy (non-hydrogen) atoms. The fourth-order valence-electron chi connectivity index (χ4n) is 1.43. The predicted octanol–water partition coefficient (Wildman–Crippen LogP) is 1.60. The maximum atomic E-state index is 11.5. The van der Waals surface area contributed by atoms with E-state index in [1.807, 2.05) is 0 Å². The Kier molecular flexibility index (Phi) is 2.42. The number of halogens is 1. The summed E-state index contributed by atoms with van der Waals surface area (Å²) in [5.41, 5.74) is 0. The van der Waals surface area contributed by atoms with E-state index in [1.54, 1.807) is 11.8 Å². The summed E-state index contributed by atoms with van der Waals surface area (Å²) in [6.45, 7) is 0. The molecule has 0 aromatic carbocycles. The van der Waals surface area contributed by atoms with Crippen LogP contribution >= 0.6 is 23.4 Å². The van der Waals surface area contributed by atoms with Gasteiger partial charge < -0.3 is 0 Å². The monoisotopic (exact) mass is 237 g/mol. The van der Waals surface area contributed by atoms with Gasteiger partial charge in [-0.3, -0.25) is 0 Å². The highest BCUT2D eigenvalue weighted by Crippen LogP contribution is 2.35. The Morgan fingerprint density at radius 2 is 2.38 bits per heavy atom. The molecule has 2 rings (SSSR count). The van der Waals surface area contributed by atoms with Gasteiger partial charge in [-0.25, -0.2) is 13.4 Å². The van der Waals surface area contributed by atoms with E-state index < -0.39 is 9.84 Å². The molecule has 0 aromatic heterocycles. The highest BCUT2D eigenvalue weighted by Gasteiger charge is 2.35. The van der Waals surface area contributed by atoms with Crippen molar-refractivity contribution in [3.63, 3.8) is 0 Å². The number of hydrogen-bond acceptors (Lipinski definition) is 4. The first-order chi connectivity index (χ1) is 6.12. The van der Waals surface area contributed by atoms with Crippen molar-refractivity contribution in [3.05, 3.63) is 11.1 Å². The molecule has 2 aliphatic rings. The molecule has 0 saturated carbocycles. The van der Waals surface area contributed by atoms with Gasteiger partial charge >= 0.3 is 0 Å². The van der Waals surface area contributed by atoms with Gasteiger partial charge in [-0.15, -0.1) is 0 Å². The first-order valence-corrected chi connectivity index (χ1v) is 6.90. The molecule has 0 spiro atoms. The van der Waals surface area contributed by atoms with Crippen LogP contribution in [0.2, 0.25) is 0 Å². The van der Waals surface area contributed by atoms with Crippen molar-refractivity contribution < 1.29 is 8.42 Å². The number of sulfone groups is 1. The molecule has 0 bridgehead atoms. The third kappa shape index (κ3) is 1.53. The van der Waals surface area contributed by atoms with E-state index in [0.29, 0.717) is 4.91 Å². The second-order valence-electron chi connectivity index (χ2n) is 2.98. The Balaban J connectivity index is 2.29. The van der Waals surface area contributed by atoms with Gasteiger partial charge in [0.1, 0.15) is 0 Å². The van der Waals surface area contributed by atoms with Gasteiger partial charge in [0.2, 0.25) is 14.3 Å². The highest BCUT2D eigenvalue weighted by atomic mass is 35.5.